The average molecular weight is 272 g/mol. The molecule has 5 nitrogen and oxygen atoms in total. The summed E-state index contributed by atoms with van der Waals surface area (Å²) in [7, 11) is 1.50. The Kier molecular flexibility index (Phi) is 2.78. The van der Waals surface area contributed by atoms with Gasteiger partial charge < -0.3 is 10.5 Å². The van der Waals surface area contributed by atoms with E-state index in [9.17, 15) is 4.39 Å². The second kappa shape index (κ2) is 4.48. The zero-order chi connectivity index (χ0) is 14.3. The van der Waals surface area contributed by atoms with Crippen molar-refractivity contribution < 1.29 is 9.13 Å². The predicted octanol–water partition coefficient (Wildman–Crippen LogP) is 2.43. The van der Waals surface area contributed by atoms with Crippen LogP contribution in [0.3, 0.4) is 0 Å². The van der Waals surface area contributed by atoms with E-state index in [1.807, 2.05) is 13.0 Å². The number of hydrogen-bond donors (Lipinski definition) is 1. The quantitative estimate of drug-likeness (QED) is 0.778. The third-order valence-corrected chi connectivity index (χ3v) is 3.12. The highest BCUT2D eigenvalue weighted by Crippen LogP contribution is 2.27. The number of halogens is 1. The van der Waals surface area contributed by atoms with Crippen molar-refractivity contribution in [3.63, 3.8) is 0 Å². The topological polar surface area (TPSA) is 65.4 Å². The van der Waals surface area contributed by atoms with Crippen LogP contribution < -0.4 is 10.5 Å². The molecule has 20 heavy (non-hydrogen) atoms. The van der Waals surface area contributed by atoms with E-state index >= 15 is 0 Å². The summed E-state index contributed by atoms with van der Waals surface area (Å²) in [5.74, 6) is 0.325. The lowest BCUT2D eigenvalue weighted by atomic mass is 10.1. The van der Waals surface area contributed by atoms with Gasteiger partial charge in [0.25, 0.3) is 0 Å². The fraction of sp³-hybridized carbons (Fsp3) is 0.143. The van der Waals surface area contributed by atoms with Gasteiger partial charge in [-0.05, 0) is 30.7 Å². The van der Waals surface area contributed by atoms with Crippen LogP contribution in [0.4, 0.5) is 10.3 Å². The number of anilines is 1. The minimum atomic E-state index is -0.351. The molecule has 3 aromatic rings. The molecule has 0 saturated heterocycles. The van der Waals surface area contributed by atoms with Crippen molar-refractivity contribution in [3.05, 3.63) is 41.8 Å². The number of nitrogen functional groups attached to an aromatic ring is 1. The Morgan fingerprint density at radius 1 is 1.30 bits per heavy atom. The Bertz CT molecular complexity index is 797. The van der Waals surface area contributed by atoms with Gasteiger partial charge in [-0.3, -0.25) is 0 Å². The van der Waals surface area contributed by atoms with Crippen molar-refractivity contribution >= 4 is 11.6 Å². The third kappa shape index (κ3) is 1.95. The summed E-state index contributed by atoms with van der Waals surface area (Å²) in [5, 5.41) is 4.06. The van der Waals surface area contributed by atoms with Gasteiger partial charge in [-0.25, -0.2) is 8.91 Å². The molecule has 0 aliphatic heterocycles. The number of benzene rings is 1. The summed E-state index contributed by atoms with van der Waals surface area (Å²) in [5.41, 5.74) is 8.31. The van der Waals surface area contributed by atoms with Crippen molar-refractivity contribution in [3.8, 4) is 16.9 Å². The van der Waals surface area contributed by atoms with Crippen LogP contribution in [-0.2, 0) is 0 Å². The maximum atomic E-state index is 14.1. The predicted molar refractivity (Wildman–Crippen MR) is 74.1 cm³/mol. The maximum absolute atomic E-state index is 14.1. The number of rotatable bonds is 2. The summed E-state index contributed by atoms with van der Waals surface area (Å²) < 4.78 is 20.7. The minimum absolute atomic E-state index is 0.195. The summed E-state index contributed by atoms with van der Waals surface area (Å²) >= 11 is 0. The van der Waals surface area contributed by atoms with Gasteiger partial charge in [0.15, 0.2) is 5.65 Å². The van der Waals surface area contributed by atoms with Gasteiger partial charge in [0, 0.05) is 23.4 Å². The van der Waals surface area contributed by atoms with Crippen molar-refractivity contribution in [2.75, 3.05) is 12.8 Å². The monoisotopic (exact) mass is 272 g/mol. The molecule has 2 N–H and O–H groups in total. The zero-order valence-electron chi connectivity index (χ0n) is 11.1. The van der Waals surface area contributed by atoms with Crippen molar-refractivity contribution in [1.29, 1.82) is 0 Å². The molecule has 0 spiro atoms. The van der Waals surface area contributed by atoms with Gasteiger partial charge in [-0.1, -0.05) is 0 Å². The molecule has 102 valence electrons. The molecule has 0 saturated carbocycles. The van der Waals surface area contributed by atoms with Crippen LogP contribution in [-0.4, -0.2) is 21.7 Å². The molecule has 2 aromatic heterocycles. The SMILES string of the molecule is COc1ccc(-c2cc(C)c3nc(N)nn3c2)c(F)c1. The second-order valence-electron chi connectivity index (χ2n) is 4.50. The average Bonchev–Trinajstić information content (AvgIpc) is 2.79. The number of hydrogen-bond acceptors (Lipinski definition) is 4. The van der Waals surface area contributed by atoms with Crippen LogP contribution in [0.25, 0.3) is 16.8 Å². The first-order chi connectivity index (χ1) is 9.58. The minimum Gasteiger partial charge on any atom is -0.497 e. The fourth-order valence-electron chi connectivity index (χ4n) is 2.17. The summed E-state index contributed by atoms with van der Waals surface area (Å²) in [6, 6.07) is 6.60. The molecule has 0 unspecified atom stereocenters. The van der Waals surface area contributed by atoms with Crippen LogP contribution in [0.2, 0.25) is 0 Å². The molecule has 0 aliphatic rings. The normalized spacial score (nSPS) is 10.9. The van der Waals surface area contributed by atoms with Crippen LogP contribution in [0, 0.1) is 12.7 Å². The van der Waals surface area contributed by atoms with Crippen molar-refractivity contribution in [2.45, 2.75) is 6.92 Å². The molecule has 2 heterocycles. The first-order valence-corrected chi connectivity index (χ1v) is 6.05. The van der Waals surface area contributed by atoms with Crippen molar-refractivity contribution in [1.82, 2.24) is 14.6 Å². The molecular weight excluding hydrogens is 259 g/mol. The number of aromatic nitrogens is 3. The van der Waals surface area contributed by atoms with Gasteiger partial charge in [0.1, 0.15) is 11.6 Å². The number of fused-ring (bicyclic) bond motifs is 1. The molecule has 0 amide bonds. The molecule has 1 aromatic carbocycles. The maximum Gasteiger partial charge on any atom is 0.240 e. The molecule has 0 atom stereocenters. The Hall–Kier alpha value is -2.63. The van der Waals surface area contributed by atoms with Crippen LogP contribution in [0.15, 0.2) is 30.5 Å². The molecule has 0 radical (unpaired) electrons. The van der Waals surface area contributed by atoms with E-state index < -0.39 is 0 Å². The van der Waals surface area contributed by atoms with E-state index in [4.69, 9.17) is 10.5 Å². The number of pyridine rings is 1. The molecule has 3 rings (SSSR count). The van der Waals surface area contributed by atoms with Gasteiger partial charge in [0.2, 0.25) is 5.95 Å². The highest BCUT2D eigenvalue weighted by molar-refractivity contribution is 5.68. The van der Waals surface area contributed by atoms with E-state index in [1.54, 1.807) is 22.8 Å². The molecule has 6 heteroatoms. The van der Waals surface area contributed by atoms with E-state index in [0.29, 0.717) is 22.5 Å². The first-order valence-electron chi connectivity index (χ1n) is 6.05. The molecule has 0 aliphatic carbocycles. The highest BCUT2D eigenvalue weighted by atomic mass is 19.1. The highest BCUT2D eigenvalue weighted by Gasteiger charge is 2.11. The van der Waals surface area contributed by atoms with Gasteiger partial charge in [-0.15, -0.1) is 5.10 Å². The fourth-order valence-corrected chi connectivity index (χ4v) is 2.17. The summed E-state index contributed by atoms with van der Waals surface area (Å²) in [4.78, 5) is 4.11. The van der Waals surface area contributed by atoms with Gasteiger partial charge in [0.05, 0.1) is 7.11 Å². The Labute approximate surface area is 114 Å². The van der Waals surface area contributed by atoms with Crippen LogP contribution >= 0.6 is 0 Å². The number of nitrogens with zero attached hydrogens (tertiary/aromatic N) is 3. The van der Waals surface area contributed by atoms with E-state index in [2.05, 4.69) is 10.1 Å². The second-order valence-corrected chi connectivity index (χ2v) is 4.50. The van der Waals surface area contributed by atoms with E-state index in [0.717, 1.165) is 5.56 Å². The number of nitrogens with two attached hydrogens (primary N) is 1. The molecule has 0 fully saturated rings. The largest absolute Gasteiger partial charge is 0.497 e. The first kappa shape index (κ1) is 12.4. The lowest BCUT2D eigenvalue weighted by Crippen LogP contribution is -1.94. The van der Waals surface area contributed by atoms with Crippen LogP contribution in [0.5, 0.6) is 5.75 Å². The Balaban J connectivity index is 2.19. The molecular formula is C14H13FN4O. The number of ether oxygens (including phenoxy) is 1. The summed E-state index contributed by atoms with van der Waals surface area (Å²) in [6.07, 6.45) is 1.70. The lowest BCUT2D eigenvalue weighted by molar-refractivity contribution is 0.411. The standard InChI is InChI=1S/C14H13FN4O/c1-8-5-9(7-19-13(8)17-14(16)18-19)11-4-3-10(20-2)6-12(11)15/h3-7H,1-2H3,(H2,16,18). The summed E-state index contributed by atoms with van der Waals surface area (Å²) in [6.45, 7) is 1.88. The lowest BCUT2D eigenvalue weighted by Gasteiger charge is -2.07. The Morgan fingerprint density at radius 2 is 2.10 bits per heavy atom. The van der Waals surface area contributed by atoms with E-state index in [1.165, 1.54) is 13.2 Å². The number of aryl methyl sites for hydroxylation is 1. The van der Waals surface area contributed by atoms with E-state index in [-0.39, 0.29) is 11.8 Å². The Morgan fingerprint density at radius 3 is 2.80 bits per heavy atom. The van der Waals surface area contributed by atoms with Gasteiger partial charge in [-0.2, -0.15) is 4.98 Å². The molecule has 0 bridgehead atoms. The van der Waals surface area contributed by atoms with Gasteiger partial charge >= 0.3 is 0 Å². The van der Waals surface area contributed by atoms with Crippen LogP contribution in [0.1, 0.15) is 5.56 Å². The third-order valence-electron chi connectivity index (χ3n) is 3.12. The number of methoxy groups -OCH3 is 1. The zero-order valence-corrected chi connectivity index (χ0v) is 11.1. The van der Waals surface area contributed by atoms with Crippen molar-refractivity contribution in [2.24, 2.45) is 0 Å². The smallest absolute Gasteiger partial charge is 0.240 e.